The van der Waals surface area contributed by atoms with E-state index < -0.39 is 0 Å². The molecule has 5 nitrogen and oxygen atoms in total. The van der Waals surface area contributed by atoms with Crippen molar-refractivity contribution in [2.75, 3.05) is 16.9 Å². The fourth-order valence-corrected chi connectivity index (χ4v) is 3.96. The molecule has 27 heavy (non-hydrogen) atoms. The van der Waals surface area contributed by atoms with Crippen LogP contribution in [0.2, 0.25) is 0 Å². The van der Waals surface area contributed by atoms with Crippen molar-refractivity contribution in [2.24, 2.45) is 0 Å². The van der Waals surface area contributed by atoms with Gasteiger partial charge in [-0.25, -0.2) is 5.43 Å². The second-order valence-corrected chi connectivity index (χ2v) is 8.86. The van der Waals surface area contributed by atoms with E-state index >= 15 is 0 Å². The molecule has 0 aromatic heterocycles. The van der Waals surface area contributed by atoms with Crippen LogP contribution in [0.4, 0.5) is 11.4 Å². The van der Waals surface area contributed by atoms with E-state index in [9.17, 15) is 4.79 Å². The zero-order valence-corrected chi connectivity index (χ0v) is 17.1. The summed E-state index contributed by atoms with van der Waals surface area (Å²) in [5.41, 5.74) is 8.52. The number of ether oxygens (including phenoxy) is 1. The van der Waals surface area contributed by atoms with Gasteiger partial charge in [-0.3, -0.25) is 4.79 Å². The number of carbonyl (C=O) groups is 1. The van der Waals surface area contributed by atoms with E-state index in [1.807, 2.05) is 49.9 Å². The number of benzene rings is 1. The number of amides is 1. The van der Waals surface area contributed by atoms with Crippen LogP contribution in [0.1, 0.15) is 72.1 Å². The SMILES string of the molecule is CC(C)(C)OC1CCN(c2ccc(NNC3CCCCCCC3)cc2)C1=O. The average Bonchev–Trinajstić information content (AvgIpc) is 2.93. The molecule has 1 atom stereocenters. The van der Waals surface area contributed by atoms with Crippen LogP contribution in [-0.2, 0) is 9.53 Å². The first-order chi connectivity index (χ1) is 12.9. The molecule has 0 bridgehead atoms. The minimum Gasteiger partial charge on any atom is -0.363 e. The highest BCUT2D eigenvalue weighted by molar-refractivity contribution is 5.98. The number of carbonyl (C=O) groups excluding carboxylic acids is 1. The largest absolute Gasteiger partial charge is 0.363 e. The van der Waals surface area contributed by atoms with Gasteiger partial charge in [0.2, 0.25) is 0 Å². The molecule has 1 saturated carbocycles. The topological polar surface area (TPSA) is 53.6 Å². The number of anilines is 2. The van der Waals surface area contributed by atoms with Gasteiger partial charge in [0.05, 0.1) is 5.60 Å². The summed E-state index contributed by atoms with van der Waals surface area (Å²) < 4.78 is 5.90. The van der Waals surface area contributed by atoms with Gasteiger partial charge in [0.25, 0.3) is 5.91 Å². The molecule has 1 amide bonds. The Labute approximate surface area is 163 Å². The molecule has 0 spiro atoms. The maximum absolute atomic E-state index is 12.6. The minimum atomic E-state index is -0.330. The van der Waals surface area contributed by atoms with Crippen LogP contribution in [-0.4, -0.2) is 30.2 Å². The Kier molecular flexibility index (Phi) is 6.77. The lowest BCUT2D eigenvalue weighted by molar-refractivity contribution is -0.135. The van der Waals surface area contributed by atoms with Crippen LogP contribution in [0.3, 0.4) is 0 Å². The van der Waals surface area contributed by atoms with Gasteiger partial charge >= 0.3 is 0 Å². The molecule has 2 aliphatic rings. The predicted octanol–water partition coefficient (Wildman–Crippen LogP) is 4.64. The van der Waals surface area contributed by atoms with E-state index in [4.69, 9.17) is 4.74 Å². The predicted molar refractivity (Wildman–Crippen MR) is 111 cm³/mol. The molecule has 150 valence electrons. The maximum atomic E-state index is 12.6. The normalized spacial score (nSPS) is 22.6. The highest BCUT2D eigenvalue weighted by atomic mass is 16.5. The van der Waals surface area contributed by atoms with Crippen molar-refractivity contribution in [1.29, 1.82) is 0 Å². The second-order valence-electron chi connectivity index (χ2n) is 8.86. The van der Waals surface area contributed by atoms with Crippen LogP contribution in [0.25, 0.3) is 0 Å². The molecule has 5 heteroatoms. The second kappa shape index (κ2) is 9.07. The quantitative estimate of drug-likeness (QED) is 0.739. The lowest BCUT2D eigenvalue weighted by Crippen LogP contribution is -2.35. The lowest BCUT2D eigenvalue weighted by Gasteiger charge is -2.24. The summed E-state index contributed by atoms with van der Waals surface area (Å²) in [6, 6.07) is 8.65. The first kappa shape index (κ1) is 20.2. The zero-order valence-electron chi connectivity index (χ0n) is 17.1. The summed E-state index contributed by atoms with van der Waals surface area (Å²) in [7, 11) is 0. The molecule has 1 heterocycles. The summed E-state index contributed by atoms with van der Waals surface area (Å²) in [6.07, 6.45) is 9.63. The summed E-state index contributed by atoms with van der Waals surface area (Å²) in [4.78, 5) is 14.5. The molecule has 2 N–H and O–H groups in total. The number of nitrogens with zero attached hydrogens (tertiary/aromatic N) is 1. The van der Waals surface area contributed by atoms with E-state index in [2.05, 4.69) is 10.9 Å². The summed E-state index contributed by atoms with van der Waals surface area (Å²) in [5, 5.41) is 0. The number of hydrogen-bond acceptors (Lipinski definition) is 4. The van der Waals surface area contributed by atoms with E-state index in [0.717, 1.165) is 17.8 Å². The standard InChI is InChI=1S/C22H35N3O2/c1-22(2,3)27-20-15-16-25(21(20)26)19-13-11-18(12-14-19)24-23-17-9-7-5-4-6-8-10-17/h11-14,17,20,23-24H,4-10,15-16H2,1-3H3. The average molecular weight is 374 g/mol. The van der Waals surface area contributed by atoms with Gasteiger partial charge in [-0.1, -0.05) is 32.1 Å². The fourth-order valence-electron chi connectivity index (χ4n) is 3.96. The number of nitrogens with one attached hydrogen (secondary N) is 2. The van der Waals surface area contributed by atoms with Crippen LogP contribution < -0.4 is 15.8 Å². The summed E-state index contributed by atoms with van der Waals surface area (Å²) in [6.45, 7) is 6.69. The van der Waals surface area contributed by atoms with Crippen molar-refractivity contribution in [3.8, 4) is 0 Å². The van der Waals surface area contributed by atoms with E-state index in [-0.39, 0.29) is 17.6 Å². The minimum absolute atomic E-state index is 0.0679. The third kappa shape index (κ3) is 5.94. The monoisotopic (exact) mass is 373 g/mol. The first-order valence-corrected chi connectivity index (χ1v) is 10.5. The van der Waals surface area contributed by atoms with Crippen LogP contribution in [0.15, 0.2) is 24.3 Å². The van der Waals surface area contributed by atoms with Gasteiger partial charge in [-0.15, -0.1) is 0 Å². The third-order valence-corrected chi connectivity index (χ3v) is 5.36. The lowest BCUT2D eigenvalue weighted by atomic mass is 9.97. The Balaban J connectivity index is 1.52. The molecule has 1 aliphatic heterocycles. The molecular formula is C22H35N3O2. The van der Waals surface area contributed by atoms with Gasteiger partial charge < -0.3 is 15.1 Å². The van der Waals surface area contributed by atoms with Crippen LogP contribution in [0, 0.1) is 0 Å². The maximum Gasteiger partial charge on any atom is 0.256 e. The highest BCUT2D eigenvalue weighted by Gasteiger charge is 2.35. The fraction of sp³-hybridized carbons (Fsp3) is 0.682. The Morgan fingerprint density at radius 1 is 0.963 bits per heavy atom. The van der Waals surface area contributed by atoms with Gasteiger partial charge in [0, 0.05) is 30.4 Å². The Hall–Kier alpha value is -1.59. The van der Waals surface area contributed by atoms with Gasteiger partial charge in [0.1, 0.15) is 6.10 Å². The third-order valence-electron chi connectivity index (χ3n) is 5.36. The summed E-state index contributed by atoms with van der Waals surface area (Å²) >= 11 is 0. The highest BCUT2D eigenvalue weighted by Crippen LogP contribution is 2.27. The molecule has 0 radical (unpaired) electrons. The Bertz CT molecular complexity index is 601. The number of rotatable bonds is 5. The van der Waals surface area contributed by atoms with Gasteiger partial charge in [-0.2, -0.15) is 0 Å². The molecule has 1 aromatic rings. The molecule has 3 rings (SSSR count). The Morgan fingerprint density at radius 3 is 2.22 bits per heavy atom. The van der Waals surface area contributed by atoms with Crippen molar-refractivity contribution in [3.05, 3.63) is 24.3 Å². The van der Waals surface area contributed by atoms with Crippen molar-refractivity contribution in [1.82, 2.24) is 5.43 Å². The molecular weight excluding hydrogens is 338 g/mol. The van der Waals surface area contributed by atoms with E-state index in [0.29, 0.717) is 12.6 Å². The smallest absolute Gasteiger partial charge is 0.256 e. The van der Waals surface area contributed by atoms with Crippen molar-refractivity contribution >= 4 is 17.3 Å². The molecule has 1 unspecified atom stereocenters. The first-order valence-electron chi connectivity index (χ1n) is 10.5. The number of hydrazine groups is 1. The molecule has 2 fully saturated rings. The number of hydrogen-bond donors (Lipinski definition) is 2. The van der Waals surface area contributed by atoms with E-state index in [1.54, 1.807) is 0 Å². The van der Waals surface area contributed by atoms with Gasteiger partial charge in [0.15, 0.2) is 0 Å². The van der Waals surface area contributed by atoms with Gasteiger partial charge in [-0.05, 0) is 57.9 Å². The molecule has 1 aliphatic carbocycles. The van der Waals surface area contributed by atoms with Crippen LogP contribution >= 0.6 is 0 Å². The van der Waals surface area contributed by atoms with Crippen LogP contribution in [0.5, 0.6) is 0 Å². The zero-order chi connectivity index (χ0) is 19.3. The van der Waals surface area contributed by atoms with E-state index in [1.165, 1.54) is 44.9 Å². The molecule has 1 saturated heterocycles. The summed E-state index contributed by atoms with van der Waals surface area (Å²) in [5.74, 6) is 0.0679. The Morgan fingerprint density at radius 2 is 1.59 bits per heavy atom. The molecule has 1 aromatic carbocycles. The van der Waals surface area contributed by atoms with Crippen molar-refractivity contribution in [2.45, 2.75) is 89.9 Å². The van der Waals surface area contributed by atoms with Crippen molar-refractivity contribution < 1.29 is 9.53 Å². The van der Waals surface area contributed by atoms with Crippen molar-refractivity contribution in [3.63, 3.8) is 0 Å².